The number of aromatic nitrogens is 1. The Morgan fingerprint density at radius 3 is 2.53 bits per heavy atom. The second-order valence-corrected chi connectivity index (χ2v) is 9.17. The summed E-state index contributed by atoms with van der Waals surface area (Å²) >= 11 is 0. The van der Waals surface area contributed by atoms with Gasteiger partial charge in [0.15, 0.2) is 11.2 Å². The number of carbonyl (C=O) groups is 3. The lowest BCUT2D eigenvalue weighted by Gasteiger charge is -2.43. The second-order valence-electron chi connectivity index (χ2n) is 9.17. The molecule has 0 bridgehead atoms. The van der Waals surface area contributed by atoms with Crippen molar-refractivity contribution in [1.82, 2.24) is 9.88 Å². The van der Waals surface area contributed by atoms with Gasteiger partial charge in [0.05, 0.1) is 19.1 Å². The average molecular weight is 476 g/mol. The number of rotatable bonds is 7. The number of fused-ring (bicyclic) bond motifs is 1. The SMILES string of the molecule is CC(C(=O)N1CCOCC1)C(OC(N)=O)(C(=O)c1nc2ccc(F)cc2o1)C(C)C1CCCC1. The number of nitrogens with zero attached hydrogens (tertiary/aromatic N) is 2. The van der Waals surface area contributed by atoms with E-state index in [9.17, 15) is 18.8 Å². The van der Waals surface area contributed by atoms with Gasteiger partial charge in [-0.3, -0.25) is 9.59 Å². The molecule has 2 fully saturated rings. The second kappa shape index (κ2) is 9.69. The summed E-state index contributed by atoms with van der Waals surface area (Å²) in [5, 5.41) is 0. The van der Waals surface area contributed by atoms with E-state index in [0.717, 1.165) is 31.7 Å². The zero-order valence-corrected chi connectivity index (χ0v) is 19.4. The van der Waals surface area contributed by atoms with Crippen molar-refractivity contribution in [3.8, 4) is 0 Å². The predicted octanol–water partition coefficient (Wildman–Crippen LogP) is 3.30. The number of ketones is 1. The molecule has 3 unspecified atom stereocenters. The van der Waals surface area contributed by atoms with Gasteiger partial charge in [-0.1, -0.05) is 32.6 Å². The first-order chi connectivity index (χ1) is 16.2. The van der Waals surface area contributed by atoms with Crippen molar-refractivity contribution in [2.24, 2.45) is 23.5 Å². The average Bonchev–Trinajstić information content (AvgIpc) is 3.51. The van der Waals surface area contributed by atoms with Crippen molar-refractivity contribution in [3.63, 3.8) is 0 Å². The molecule has 2 amide bonds. The smallest absolute Gasteiger partial charge is 0.405 e. The fourth-order valence-electron chi connectivity index (χ4n) is 5.40. The number of oxazole rings is 1. The van der Waals surface area contributed by atoms with Gasteiger partial charge in [-0.25, -0.2) is 14.2 Å². The van der Waals surface area contributed by atoms with Crippen LogP contribution in [0.2, 0.25) is 0 Å². The molecule has 0 spiro atoms. The standard InChI is InChI=1S/C24H30FN3O6/c1-14(16-5-3-4-6-16)24(34-23(26)31,15(2)22(30)28-9-11-32-12-10-28)20(29)21-27-18-8-7-17(25)13-19(18)33-21/h7-8,13-16H,3-6,9-12H2,1-2H3,(H2,26,31). The third-order valence-electron chi connectivity index (χ3n) is 7.29. The molecule has 1 saturated heterocycles. The zero-order valence-electron chi connectivity index (χ0n) is 19.4. The normalized spacial score (nSPS) is 20.6. The minimum absolute atomic E-state index is 0.0325. The summed E-state index contributed by atoms with van der Waals surface area (Å²) in [6.07, 6.45) is 2.45. The van der Waals surface area contributed by atoms with Crippen LogP contribution in [0.1, 0.15) is 50.2 Å². The highest BCUT2D eigenvalue weighted by atomic mass is 19.1. The van der Waals surface area contributed by atoms with Crippen LogP contribution in [0.15, 0.2) is 22.6 Å². The number of primary amides is 1. The number of morpholine rings is 1. The van der Waals surface area contributed by atoms with Crippen molar-refractivity contribution >= 4 is 28.9 Å². The third-order valence-corrected chi connectivity index (χ3v) is 7.29. The number of nitrogens with two attached hydrogens (primary N) is 1. The van der Waals surface area contributed by atoms with E-state index in [1.165, 1.54) is 12.1 Å². The fraction of sp³-hybridized carbons (Fsp3) is 0.583. The molecule has 34 heavy (non-hydrogen) atoms. The Kier molecular flexibility index (Phi) is 6.88. The number of hydrogen-bond acceptors (Lipinski definition) is 7. The van der Waals surface area contributed by atoms with Gasteiger partial charge in [-0.15, -0.1) is 0 Å². The molecule has 0 radical (unpaired) electrons. The van der Waals surface area contributed by atoms with E-state index in [2.05, 4.69) is 4.98 Å². The van der Waals surface area contributed by atoms with Crippen LogP contribution in [-0.2, 0) is 14.3 Å². The van der Waals surface area contributed by atoms with Gasteiger partial charge in [0.1, 0.15) is 11.3 Å². The lowest BCUT2D eigenvalue weighted by molar-refractivity contribution is -0.149. The molecule has 1 aliphatic carbocycles. The molecule has 10 heteroatoms. The van der Waals surface area contributed by atoms with E-state index >= 15 is 0 Å². The van der Waals surface area contributed by atoms with Crippen LogP contribution in [0.5, 0.6) is 0 Å². The molecule has 184 valence electrons. The molecule has 9 nitrogen and oxygen atoms in total. The molecule has 1 aliphatic heterocycles. The van der Waals surface area contributed by atoms with E-state index in [4.69, 9.17) is 19.6 Å². The lowest BCUT2D eigenvalue weighted by Crippen LogP contribution is -2.61. The molecular formula is C24H30FN3O6. The molecule has 1 saturated carbocycles. The highest BCUT2D eigenvalue weighted by Crippen LogP contribution is 2.44. The van der Waals surface area contributed by atoms with Crippen LogP contribution >= 0.6 is 0 Å². The Bertz CT molecular complexity index is 1080. The molecule has 3 atom stereocenters. The first-order valence-electron chi connectivity index (χ1n) is 11.7. The van der Waals surface area contributed by atoms with Crippen LogP contribution in [0.25, 0.3) is 11.1 Å². The number of benzene rings is 1. The summed E-state index contributed by atoms with van der Waals surface area (Å²) in [6.45, 7) is 4.87. The van der Waals surface area contributed by atoms with Crippen LogP contribution in [0.3, 0.4) is 0 Å². The fourth-order valence-corrected chi connectivity index (χ4v) is 5.40. The van der Waals surface area contributed by atoms with Crippen molar-refractivity contribution in [2.75, 3.05) is 26.3 Å². The Morgan fingerprint density at radius 2 is 1.88 bits per heavy atom. The zero-order chi connectivity index (χ0) is 24.5. The monoisotopic (exact) mass is 475 g/mol. The van der Waals surface area contributed by atoms with Crippen LogP contribution in [0, 0.1) is 23.6 Å². The van der Waals surface area contributed by atoms with Crippen molar-refractivity contribution in [1.29, 1.82) is 0 Å². The maximum absolute atomic E-state index is 14.1. The van der Waals surface area contributed by atoms with Gasteiger partial charge < -0.3 is 24.5 Å². The number of carbonyl (C=O) groups excluding carboxylic acids is 3. The number of halogens is 1. The predicted molar refractivity (Wildman–Crippen MR) is 119 cm³/mol. The van der Waals surface area contributed by atoms with E-state index in [0.29, 0.717) is 26.3 Å². The minimum atomic E-state index is -1.93. The quantitative estimate of drug-likeness (QED) is 0.609. The molecule has 1 aromatic heterocycles. The van der Waals surface area contributed by atoms with Crippen molar-refractivity contribution in [3.05, 3.63) is 29.9 Å². The summed E-state index contributed by atoms with van der Waals surface area (Å²) in [4.78, 5) is 45.7. The Morgan fingerprint density at radius 1 is 1.21 bits per heavy atom. The highest BCUT2D eigenvalue weighted by molar-refractivity contribution is 6.04. The first kappa shape index (κ1) is 24.1. The summed E-state index contributed by atoms with van der Waals surface area (Å²) in [7, 11) is 0. The van der Waals surface area contributed by atoms with Crippen molar-refractivity contribution < 1.29 is 32.7 Å². The lowest BCUT2D eigenvalue weighted by atomic mass is 9.68. The Hall–Kier alpha value is -3.01. The molecule has 1 aromatic carbocycles. The number of ether oxygens (including phenoxy) is 2. The van der Waals surface area contributed by atoms with Gasteiger partial charge in [0.25, 0.3) is 11.7 Å². The summed E-state index contributed by atoms with van der Waals surface area (Å²) in [5.41, 5.74) is 3.91. The minimum Gasteiger partial charge on any atom is -0.433 e. The number of amides is 2. The topological polar surface area (TPSA) is 125 Å². The van der Waals surface area contributed by atoms with Gasteiger partial charge >= 0.3 is 6.09 Å². The maximum Gasteiger partial charge on any atom is 0.405 e. The first-order valence-corrected chi connectivity index (χ1v) is 11.7. The molecule has 2 aromatic rings. The Labute approximate surface area is 196 Å². The van der Waals surface area contributed by atoms with Gasteiger partial charge in [0, 0.05) is 25.1 Å². The molecule has 2 N–H and O–H groups in total. The van der Waals surface area contributed by atoms with E-state index in [-0.39, 0.29) is 28.8 Å². The van der Waals surface area contributed by atoms with E-state index in [1.807, 2.05) is 6.92 Å². The number of Topliss-reactive ketones (excluding diaryl/α,β-unsaturated/α-hetero) is 1. The maximum atomic E-state index is 14.1. The molecule has 2 heterocycles. The molecule has 4 rings (SSSR count). The van der Waals surface area contributed by atoms with Gasteiger partial charge in [0.2, 0.25) is 5.91 Å². The third kappa shape index (κ3) is 4.38. The van der Waals surface area contributed by atoms with E-state index in [1.54, 1.807) is 11.8 Å². The largest absolute Gasteiger partial charge is 0.433 e. The Balaban J connectivity index is 1.81. The van der Waals surface area contributed by atoms with Gasteiger partial charge in [-0.05, 0) is 25.0 Å². The summed E-state index contributed by atoms with van der Waals surface area (Å²) in [6, 6.07) is 3.72. The summed E-state index contributed by atoms with van der Waals surface area (Å²) in [5.74, 6) is -3.56. The van der Waals surface area contributed by atoms with Crippen LogP contribution in [0.4, 0.5) is 9.18 Å². The highest BCUT2D eigenvalue weighted by Gasteiger charge is 2.58. The van der Waals surface area contributed by atoms with Crippen LogP contribution in [-0.4, -0.2) is 59.6 Å². The number of hydrogen-bond donors (Lipinski definition) is 1. The molecular weight excluding hydrogens is 445 g/mol. The van der Waals surface area contributed by atoms with Crippen LogP contribution < -0.4 is 5.73 Å². The van der Waals surface area contributed by atoms with Crippen molar-refractivity contribution in [2.45, 2.75) is 45.1 Å². The van der Waals surface area contributed by atoms with Gasteiger partial charge in [-0.2, -0.15) is 0 Å². The molecule has 2 aliphatic rings. The summed E-state index contributed by atoms with van der Waals surface area (Å²) < 4.78 is 30.3. The van der Waals surface area contributed by atoms with E-state index < -0.39 is 35.1 Å².